The van der Waals surface area contributed by atoms with E-state index in [-0.39, 0.29) is 12.3 Å². The van der Waals surface area contributed by atoms with E-state index in [4.69, 9.17) is 0 Å². The fourth-order valence-electron chi connectivity index (χ4n) is 1.99. The minimum Gasteiger partial charge on any atom is -0.300 e. The summed E-state index contributed by atoms with van der Waals surface area (Å²) in [6, 6.07) is 8.22. The lowest BCUT2D eigenvalue weighted by atomic mass is 10.2. The van der Waals surface area contributed by atoms with Crippen LogP contribution >= 0.6 is 34.4 Å². The number of carbonyl (C=O) groups is 1. The number of hydrogen-bond acceptors (Lipinski definition) is 7. The van der Waals surface area contributed by atoms with Crippen LogP contribution in [-0.2, 0) is 11.2 Å². The van der Waals surface area contributed by atoms with Gasteiger partial charge in [0.05, 0.1) is 12.1 Å². The summed E-state index contributed by atoms with van der Waals surface area (Å²) in [7, 11) is 0. The molecule has 1 aromatic carbocycles. The molecule has 24 heavy (non-hydrogen) atoms. The number of thioether (sulfide) groups is 1. The molecule has 0 radical (unpaired) electrons. The molecule has 0 atom stereocenters. The maximum atomic E-state index is 12.1. The van der Waals surface area contributed by atoms with Crippen LogP contribution in [0, 0.1) is 6.92 Å². The monoisotopic (exact) mass is 376 g/mol. The Morgan fingerprint density at radius 1 is 1.25 bits per heavy atom. The molecule has 8 heteroatoms. The van der Waals surface area contributed by atoms with Gasteiger partial charge in [0, 0.05) is 10.9 Å². The van der Waals surface area contributed by atoms with Gasteiger partial charge in [-0.1, -0.05) is 59.9 Å². The third-order valence-electron chi connectivity index (χ3n) is 3.11. The van der Waals surface area contributed by atoms with Crippen LogP contribution in [0.25, 0.3) is 10.6 Å². The molecule has 0 fully saturated rings. The van der Waals surface area contributed by atoms with Crippen molar-refractivity contribution in [1.29, 1.82) is 0 Å². The van der Waals surface area contributed by atoms with Gasteiger partial charge in [0.15, 0.2) is 4.34 Å². The fraction of sp³-hybridized carbons (Fsp3) is 0.250. The number of rotatable bonds is 6. The molecule has 0 saturated carbocycles. The lowest BCUT2D eigenvalue weighted by molar-refractivity contribution is -0.115. The number of aromatic nitrogens is 3. The first-order valence-electron chi connectivity index (χ1n) is 7.41. The Morgan fingerprint density at radius 3 is 2.79 bits per heavy atom. The fourth-order valence-corrected chi connectivity index (χ4v) is 4.48. The first kappa shape index (κ1) is 17.1. The van der Waals surface area contributed by atoms with E-state index in [2.05, 4.69) is 46.5 Å². The highest BCUT2D eigenvalue weighted by atomic mass is 32.2. The first-order chi connectivity index (χ1) is 11.6. The third kappa shape index (κ3) is 4.40. The summed E-state index contributed by atoms with van der Waals surface area (Å²) in [5, 5.41) is 14.2. The van der Waals surface area contributed by atoms with E-state index in [1.807, 2.05) is 17.5 Å². The Balaban J connectivity index is 1.61. The van der Waals surface area contributed by atoms with E-state index in [9.17, 15) is 4.79 Å². The largest absolute Gasteiger partial charge is 0.300 e. The molecule has 124 valence electrons. The molecular formula is C16H16N4OS3. The summed E-state index contributed by atoms with van der Waals surface area (Å²) < 4.78 is 0.864. The molecule has 1 amide bonds. The number of aryl methyl sites for hydroxylation is 1. The van der Waals surface area contributed by atoms with E-state index in [1.54, 1.807) is 23.1 Å². The SMILES string of the molecule is CCSc1nnc(NC(=O)Cc2csc(-c3ccc(C)cc3)n2)s1. The van der Waals surface area contributed by atoms with Gasteiger partial charge < -0.3 is 5.32 Å². The van der Waals surface area contributed by atoms with Crippen LogP contribution in [0.2, 0.25) is 0 Å². The minimum absolute atomic E-state index is 0.125. The van der Waals surface area contributed by atoms with Crippen LogP contribution in [0.3, 0.4) is 0 Å². The molecule has 0 aliphatic rings. The Morgan fingerprint density at radius 2 is 2.04 bits per heavy atom. The summed E-state index contributed by atoms with van der Waals surface area (Å²) in [6.07, 6.45) is 0.234. The Kier molecular flexibility index (Phi) is 5.60. The molecule has 0 bridgehead atoms. The zero-order chi connectivity index (χ0) is 16.9. The van der Waals surface area contributed by atoms with Gasteiger partial charge in [0.1, 0.15) is 5.01 Å². The van der Waals surface area contributed by atoms with Gasteiger partial charge in [-0.2, -0.15) is 0 Å². The highest BCUT2D eigenvalue weighted by Gasteiger charge is 2.12. The zero-order valence-corrected chi connectivity index (χ0v) is 15.7. The number of carbonyl (C=O) groups excluding carboxylic acids is 1. The van der Waals surface area contributed by atoms with Crippen molar-refractivity contribution in [2.24, 2.45) is 0 Å². The Hall–Kier alpha value is -1.77. The lowest BCUT2D eigenvalue weighted by Gasteiger charge is -1.99. The second-order valence-electron chi connectivity index (χ2n) is 5.04. The molecule has 0 saturated heterocycles. The van der Waals surface area contributed by atoms with Gasteiger partial charge in [-0.15, -0.1) is 21.5 Å². The lowest BCUT2D eigenvalue weighted by Crippen LogP contribution is -2.14. The molecule has 0 spiro atoms. The van der Waals surface area contributed by atoms with Crippen molar-refractivity contribution >= 4 is 45.5 Å². The Labute approximate surface area is 152 Å². The number of anilines is 1. The Bertz CT molecular complexity index is 826. The predicted octanol–water partition coefficient (Wildman–Crippen LogP) is 4.26. The quantitative estimate of drug-likeness (QED) is 0.514. The molecule has 3 aromatic rings. The highest BCUT2D eigenvalue weighted by Crippen LogP contribution is 2.26. The number of nitrogens with one attached hydrogen (secondary N) is 1. The smallest absolute Gasteiger partial charge is 0.232 e. The van der Waals surface area contributed by atoms with E-state index >= 15 is 0 Å². The van der Waals surface area contributed by atoms with Crippen molar-refractivity contribution in [2.75, 3.05) is 11.1 Å². The van der Waals surface area contributed by atoms with Crippen molar-refractivity contribution in [3.05, 3.63) is 40.9 Å². The van der Waals surface area contributed by atoms with Crippen molar-refractivity contribution in [3.8, 4) is 10.6 Å². The number of nitrogens with zero attached hydrogens (tertiary/aromatic N) is 3. The van der Waals surface area contributed by atoms with Gasteiger partial charge in [-0.3, -0.25) is 4.79 Å². The average molecular weight is 377 g/mol. The number of thiazole rings is 1. The van der Waals surface area contributed by atoms with Gasteiger partial charge in [-0.25, -0.2) is 4.98 Å². The van der Waals surface area contributed by atoms with Crippen molar-refractivity contribution in [3.63, 3.8) is 0 Å². The van der Waals surface area contributed by atoms with Crippen LogP contribution in [0.15, 0.2) is 34.0 Å². The molecule has 0 aliphatic heterocycles. The number of benzene rings is 1. The summed E-state index contributed by atoms with van der Waals surface area (Å²) in [5.74, 6) is 0.809. The van der Waals surface area contributed by atoms with Gasteiger partial charge in [0.2, 0.25) is 11.0 Å². The molecule has 3 rings (SSSR count). The molecular weight excluding hydrogens is 360 g/mol. The molecule has 0 aliphatic carbocycles. The summed E-state index contributed by atoms with van der Waals surface area (Å²) in [4.78, 5) is 16.7. The number of hydrogen-bond donors (Lipinski definition) is 1. The molecule has 1 N–H and O–H groups in total. The van der Waals surface area contributed by atoms with Crippen LogP contribution in [0.5, 0.6) is 0 Å². The number of amides is 1. The van der Waals surface area contributed by atoms with E-state index in [1.165, 1.54) is 16.9 Å². The molecule has 2 aromatic heterocycles. The maximum Gasteiger partial charge on any atom is 0.232 e. The highest BCUT2D eigenvalue weighted by molar-refractivity contribution is 8.01. The normalized spacial score (nSPS) is 10.8. The molecule has 0 unspecified atom stereocenters. The van der Waals surface area contributed by atoms with Crippen molar-refractivity contribution in [2.45, 2.75) is 24.6 Å². The first-order valence-corrected chi connectivity index (χ1v) is 10.1. The van der Waals surface area contributed by atoms with Crippen molar-refractivity contribution < 1.29 is 4.79 Å². The van der Waals surface area contributed by atoms with E-state index < -0.39 is 0 Å². The second kappa shape index (κ2) is 7.87. The summed E-state index contributed by atoms with van der Waals surface area (Å²) in [5.41, 5.74) is 3.05. The standard InChI is InChI=1S/C16H16N4OS3/c1-3-22-16-20-19-15(24-16)18-13(21)8-12-9-23-14(17-12)11-6-4-10(2)5-7-11/h4-7,9H,3,8H2,1-2H3,(H,18,19,21). The van der Waals surface area contributed by atoms with Crippen LogP contribution in [0.4, 0.5) is 5.13 Å². The predicted molar refractivity (Wildman–Crippen MR) is 101 cm³/mol. The van der Waals surface area contributed by atoms with Crippen LogP contribution in [-0.4, -0.2) is 26.8 Å². The van der Waals surface area contributed by atoms with E-state index in [0.29, 0.717) is 5.13 Å². The summed E-state index contributed by atoms with van der Waals surface area (Å²) in [6.45, 7) is 4.11. The van der Waals surface area contributed by atoms with E-state index in [0.717, 1.165) is 26.4 Å². The van der Waals surface area contributed by atoms with Gasteiger partial charge in [0.25, 0.3) is 0 Å². The molecule has 2 heterocycles. The van der Waals surface area contributed by atoms with Crippen LogP contribution in [0.1, 0.15) is 18.2 Å². The van der Waals surface area contributed by atoms with Crippen molar-refractivity contribution in [1.82, 2.24) is 15.2 Å². The topological polar surface area (TPSA) is 67.8 Å². The maximum absolute atomic E-state index is 12.1. The molecule has 5 nitrogen and oxygen atoms in total. The zero-order valence-electron chi connectivity index (χ0n) is 13.3. The third-order valence-corrected chi connectivity index (χ3v) is 5.91. The minimum atomic E-state index is -0.125. The van der Waals surface area contributed by atoms with Crippen LogP contribution < -0.4 is 5.32 Å². The van der Waals surface area contributed by atoms with Gasteiger partial charge in [-0.05, 0) is 12.7 Å². The average Bonchev–Trinajstić information content (AvgIpc) is 3.18. The van der Waals surface area contributed by atoms with Gasteiger partial charge >= 0.3 is 0 Å². The summed E-state index contributed by atoms with van der Waals surface area (Å²) >= 11 is 4.55. The second-order valence-corrected chi connectivity index (χ2v) is 8.39.